The van der Waals surface area contributed by atoms with Crippen LogP contribution in [0.5, 0.6) is 17.2 Å². The highest BCUT2D eigenvalue weighted by Crippen LogP contribution is 2.26. The maximum atomic E-state index is 12.0. The number of para-hydroxylation sites is 2. The van der Waals surface area contributed by atoms with Crippen molar-refractivity contribution < 1.29 is 19.0 Å². The molecule has 6 heteroatoms. The largest absolute Gasteiger partial charge is 0.490 e. The molecule has 0 atom stereocenters. The molecule has 0 aliphatic heterocycles. The van der Waals surface area contributed by atoms with E-state index in [2.05, 4.69) is 5.32 Å². The first kappa shape index (κ1) is 17.2. The van der Waals surface area contributed by atoms with Gasteiger partial charge >= 0.3 is 0 Å². The van der Waals surface area contributed by atoms with E-state index in [0.717, 1.165) is 0 Å². The number of rotatable bonds is 8. The molecule has 0 fully saturated rings. The van der Waals surface area contributed by atoms with Gasteiger partial charge in [-0.15, -0.1) is 0 Å². The molecule has 0 aromatic heterocycles. The van der Waals surface area contributed by atoms with Gasteiger partial charge in [-0.2, -0.15) is 5.26 Å². The summed E-state index contributed by atoms with van der Waals surface area (Å²) in [5.74, 6) is 1.41. The van der Waals surface area contributed by atoms with Gasteiger partial charge in [0.05, 0.1) is 6.61 Å². The number of hydrogen-bond acceptors (Lipinski definition) is 5. The number of hydrogen-bond donors (Lipinski definition) is 1. The van der Waals surface area contributed by atoms with Crippen molar-refractivity contribution in [1.82, 2.24) is 0 Å². The zero-order valence-electron chi connectivity index (χ0n) is 13.3. The molecule has 2 rings (SSSR count). The van der Waals surface area contributed by atoms with E-state index < -0.39 is 0 Å². The molecule has 1 amide bonds. The topological polar surface area (TPSA) is 80.6 Å². The summed E-state index contributed by atoms with van der Waals surface area (Å²) in [6, 6.07) is 15.8. The van der Waals surface area contributed by atoms with Crippen molar-refractivity contribution in [3.8, 4) is 23.3 Å². The number of ether oxygens (including phenoxy) is 3. The van der Waals surface area contributed by atoms with Crippen LogP contribution >= 0.6 is 0 Å². The minimum atomic E-state index is -0.285. The van der Waals surface area contributed by atoms with Crippen molar-refractivity contribution in [2.75, 3.05) is 25.1 Å². The van der Waals surface area contributed by atoms with Crippen molar-refractivity contribution in [2.45, 2.75) is 6.92 Å². The van der Waals surface area contributed by atoms with Crippen LogP contribution in [0.15, 0.2) is 48.5 Å². The Morgan fingerprint density at radius 1 is 1.04 bits per heavy atom. The van der Waals surface area contributed by atoms with Crippen LogP contribution in [0.25, 0.3) is 0 Å². The highest BCUT2D eigenvalue weighted by atomic mass is 16.5. The fourth-order valence-electron chi connectivity index (χ4n) is 1.93. The van der Waals surface area contributed by atoms with Crippen LogP contribution < -0.4 is 19.5 Å². The Labute approximate surface area is 140 Å². The summed E-state index contributed by atoms with van der Waals surface area (Å²) >= 11 is 0. The van der Waals surface area contributed by atoms with Crippen LogP contribution in [0.3, 0.4) is 0 Å². The van der Waals surface area contributed by atoms with Gasteiger partial charge in [0.2, 0.25) is 0 Å². The molecule has 0 bridgehead atoms. The van der Waals surface area contributed by atoms with E-state index in [-0.39, 0.29) is 19.1 Å². The average Bonchev–Trinajstić information content (AvgIpc) is 2.61. The third kappa shape index (κ3) is 5.21. The Hall–Kier alpha value is -3.20. The SMILES string of the molecule is CCOc1ccccc1OCC(=O)Nc1ccc(OCC#N)cc1. The molecule has 0 saturated carbocycles. The van der Waals surface area contributed by atoms with E-state index in [1.54, 1.807) is 36.4 Å². The lowest BCUT2D eigenvalue weighted by atomic mass is 10.3. The Morgan fingerprint density at radius 3 is 2.33 bits per heavy atom. The third-order valence-electron chi connectivity index (χ3n) is 2.95. The molecule has 0 heterocycles. The lowest BCUT2D eigenvalue weighted by Crippen LogP contribution is -2.20. The Morgan fingerprint density at radius 2 is 1.71 bits per heavy atom. The van der Waals surface area contributed by atoms with E-state index in [1.807, 2.05) is 25.1 Å². The normalized spacial score (nSPS) is 9.67. The minimum absolute atomic E-state index is 0.0151. The number of nitriles is 1. The van der Waals surface area contributed by atoms with Gasteiger partial charge in [-0.1, -0.05) is 12.1 Å². The number of carbonyl (C=O) groups excluding carboxylic acids is 1. The molecule has 2 aromatic carbocycles. The zero-order valence-corrected chi connectivity index (χ0v) is 13.3. The summed E-state index contributed by atoms with van der Waals surface area (Å²) in [5, 5.41) is 11.2. The Bertz CT molecular complexity index is 708. The molecule has 6 nitrogen and oxygen atoms in total. The Balaban J connectivity index is 1.86. The first-order valence-corrected chi connectivity index (χ1v) is 7.47. The average molecular weight is 326 g/mol. The molecule has 2 aromatic rings. The lowest BCUT2D eigenvalue weighted by molar-refractivity contribution is -0.118. The predicted molar refractivity (Wildman–Crippen MR) is 89.3 cm³/mol. The van der Waals surface area contributed by atoms with Crippen LogP contribution in [-0.4, -0.2) is 25.7 Å². The molecular formula is C18H18N2O4. The number of benzene rings is 2. The second-order valence-corrected chi connectivity index (χ2v) is 4.69. The fraction of sp³-hybridized carbons (Fsp3) is 0.222. The first-order valence-electron chi connectivity index (χ1n) is 7.47. The molecule has 124 valence electrons. The van der Waals surface area contributed by atoms with Crippen LogP contribution in [0, 0.1) is 11.3 Å². The predicted octanol–water partition coefficient (Wildman–Crippen LogP) is 3.01. The molecule has 0 saturated heterocycles. The molecule has 1 N–H and O–H groups in total. The third-order valence-corrected chi connectivity index (χ3v) is 2.95. The Kier molecular flexibility index (Phi) is 6.47. The van der Waals surface area contributed by atoms with Crippen LogP contribution in [0.1, 0.15) is 6.92 Å². The standard InChI is InChI=1S/C18H18N2O4/c1-2-22-16-5-3-4-6-17(16)24-13-18(21)20-14-7-9-15(10-8-14)23-12-11-19/h3-10H,2,12-13H2,1H3,(H,20,21). The maximum Gasteiger partial charge on any atom is 0.262 e. The smallest absolute Gasteiger partial charge is 0.262 e. The molecule has 0 spiro atoms. The summed E-state index contributed by atoms with van der Waals surface area (Å²) in [6.07, 6.45) is 0. The molecule has 0 unspecified atom stereocenters. The molecule has 0 radical (unpaired) electrons. The quantitative estimate of drug-likeness (QED) is 0.806. The van der Waals surface area contributed by atoms with Gasteiger partial charge in [0, 0.05) is 5.69 Å². The van der Waals surface area contributed by atoms with Gasteiger partial charge < -0.3 is 19.5 Å². The van der Waals surface area contributed by atoms with Gasteiger partial charge in [0.15, 0.2) is 24.7 Å². The number of amides is 1. The second kappa shape index (κ2) is 9.06. The van der Waals surface area contributed by atoms with E-state index in [4.69, 9.17) is 19.5 Å². The molecular weight excluding hydrogens is 308 g/mol. The monoisotopic (exact) mass is 326 g/mol. The zero-order chi connectivity index (χ0) is 17.2. The van der Waals surface area contributed by atoms with Crippen molar-refractivity contribution in [3.05, 3.63) is 48.5 Å². The summed E-state index contributed by atoms with van der Waals surface area (Å²) in [4.78, 5) is 12.0. The maximum absolute atomic E-state index is 12.0. The van der Waals surface area contributed by atoms with Gasteiger partial charge in [-0.25, -0.2) is 0 Å². The van der Waals surface area contributed by atoms with Crippen LogP contribution in [0.4, 0.5) is 5.69 Å². The van der Waals surface area contributed by atoms with Gasteiger partial charge in [0.25, 0.3) is 5.91 Å². The van der Waals surface area contributed by atoms with Crippen molar-refractivity contribution in [2.24, 2.45) is 0 Å². The number of carbonyl (C=O) groups is 1. The van der Waals surface area contributed by atoms with Crippen molar-refractivity contribution >= 4 is 11.6 Å². The van der Waals surface area contributed by atoms with Crippen LogP contribution in [-0.2, 0) is 4.79 Å². The lowest BCUT2D eigenvalue weighted by Gasteiger charge is -2.11. The van der Waals surface area contributed by atoms with Crippen molar-refractivity contribution in [3.63, 3.8) is 0 Å². The van der Waals surface area contributed by atoms with Gasteiger partial charge in [-0.05, 0) is 43.3 Å². The summed E-state index contributed by atoms with van der Waals surface area (Å²) in [7, 11) is 0. The summed E-state index contributed by atoms with van der Waals surface area (Å²) < 4.78 is 16.1. The molecule has 0 aliphatic rings. The first-order chi connectivity index (χ1) is 11.7. The fourth-order valence-corrected chi connectivity index (χ4v) is 1.93. The van der Waals surface area contributed by atoms with E-state index in [1.165, 1.54) is 0 Å². The second-order valence-electron chi connectivity index (χ2n) is 4.69. The van der Waals surface area contributed by atoms with Crippen molar-refractivity contribution in [1.29, 1.82) is 5.26 Å². The highest BCUT2D eigenvalue weighted by molar-refractivity contribution is 5.91. The van der Waals surface area contributed by atoms with E-state index >= 15 is 0 Å². The van der Waals surface area contributed by atoms with Crippen LogP contribution in [0.2, 0.25) is 0 Å². The minimum Gasteiger partial charge on any atom is -0.490 e. The van der Waals surface area contributed by atoms with Gasteiger partial charge in [-0.3, -0.25) is 4.79 Å². The molecule has 0 aliphatic carbocycles. The van der Waals surface area contributed by atoms with Gasteiger partial charge in [0.1, 0.15) is 11.8 Å². The number of anilines is 1. The number of nitrogens with one attached hydrogen (secondary N) is 1. The summed E-state index contributed by atoms with van der Waals surface area (Å²) in [6.45, 7) is 2.26. The number of nitrogens with zero attached hydrogens (tertiary/aromatic N) is 1. The highest BCUT2D eigenvalue weighted by Gasteiger charge is 2.08. The summed E-state index contributed by atoms with van der Waals surface area (Å²) in [5.41, 5.74) is 0.617. The molecule has 24 heavy (non-hydrogen) atoms. The van der Waals surface area contributed by atoms with E-state index in [9.17, 15) is 4.79 Å². The van der Waals surface area contributed by atoms with E-state index in [0.29, 0.717) is 29.5 Å².